The highest BCUT2D eigenvalue weighted by molar-refractivity contribution is 7.92. The van der Waals surface area contributed by atoms with Gasteiger partial charge in [-0.2, -0.15) is 0 Å². The van der Waals surface area contributed by atoms with Crippen LogP contribution in [0, 0.1) is 6.92 Å². The number of amides is 2. The highest BCUT2D eigenvalue weighted by Gasteiger charge is 2.35. The molecular weight excluding hydrogens is 562 g/mol. The number of likely N-dealkylation sites (N-methyl/N-ethyl adjacent to an activating group) is 1. The molecule has 43 heavy (non-hydrogen) atoms. The van der Waals surface area contributed by atoms with Crippen molar-refractivity contribution in [1.29, 1.82) is 0 Å². The number of nitrogens with one attached hydrogen (secondary N) is 1. The Hall–Kier alpha value is -4.63. The van der Waals surface area contributed by atoms with Crippen molar-refractivity contribution < 1.29 is 22.7 Å². The summed E-state index contributed by atoms with van der Waals surface area (Å²) >= 11 is 0. The van der Waals surface area contributed by atoms with Crippen LogP contribution in [0.3, 0.4) is 0 Å². The number of hydrogen-bond donors (Lipinski definition) is 1. The smallest absolute Gasteiger partial charge is 0.264 e. The van der Waals surface area contributed by atoms with E-state index < -0.39 is 28.5 Å². The Bertz CT molecular complexity index is 1610. The summed E-state index contributed by atoms with van der Waals surface area (Å²) in [5, 5.41) is 2.87. The number of aryl methyl sites for hydroxylation is 1. The van der Waals surface area contributed by atoms with Gasteiger partial charge in [0.05, 0.1) is 17.7 Å². The van der Waals surface area contributed by atoms with Crippen molar-refractivity contribution in [2.75, 3.05) is 24.5 Å². The zero-order chi connectivity index (χ0) is 30.8. The van der Waals surface area contributed by atoms with E-state index in [4.69, 9.17) is 4.74 Å². The van der Waals surface area contributed by atoms with Crippen LogP contribution in [0.2, 0.25) is 0 Å². The number of ether oxygens (including phenoxy) is 1. The van der Waals surface area contributed by atoms with Gasteiger partial charge in [-0.3, -0.25) is 13.9 Å². The Morgan fingerprint density at radius 1 is 0.837 bits per heavy atom. The molecule has 0 radical (unpaired) electrons. The quantitative estimate of drug-likeness (QED) is 0.234. The van der Waals surface area contributed by atoms with E-state index in [0.717, 1.165) is 21.0 Å². The van der Waals surface area contributed by atoms with Crippen LogP contribution in [0.5, 0.6) is 5.75 Å². The fraction of sp³-hybridized carbons (Fsp3) is 0.235. The van der Waals surface area contributed by atoms with E-state index in [1.807, 2.05) is 80.6 Å². The highest BCUT2D eigenvalue weighted by Crippen LogP contribution is 2.33. The van der Waals surface area contributed by atoms with Gasteiger partial charge in [0.2, 0.25) is 11.8 Å². The Balaban J connectivity index is 1.82. The van der Waals surface area contributed by atoms with Gasteiger partial charge in [0, 0.05) is 19.5 Å². The molecule has 1 unspecified atom stereocenters. The summed E-state index contributed by atoms with van der Waals surface area (Å²) in [6.45, 7) is 3.60. The second-order valence-electron chi connectivity index (χ2n) is 10.1. The molecule has 4 aromatic rings. The average Bonchev–Trinajstić information content (AvgIpc) is 3.03. The second kappa shape index (κ2) is 14.5. The topological polar surface area (TPSA) is 96.0 Å². The molecule has 4 rings (SSSR count). The van der Waals surface area contributed by atoms with E-state index >= 15 is 0 Å². The van der Waals surface area contributed by atoms with Gasteiger partial charge < -0.3 is 15.0 Å². The Morgan fingerprint density at radius 2 is 1.42 bits per heavy atom. The van der Waals surface area contributed by atoms with Gasteiger partial charge in [0.1, 0.15) is 18.3 Å². The fourth-order valence-electron chi connectivity index (χ4n) is 4.85. The number of carbonyl (C=O) groups excluding carboxylic acids is 2. The third kappa shape index (κ3) is 7.81. The van der Waals surface area contributed by atoms with Crippen LogP contribution >= 0.6 is 0 Å². The van der Waals surface area contributed by atoms with E-state index in [-0.39, 0.29) is 29.5 Å². The molecule has 0 aliphatic heterocycles. The summed E-state index contributed by atoms with van der Waals surface area (Å²) in [6, 6.07) is 31.0. The van der Waals surface area contributed by atoms with Gasteiger partial charge >= 0.3 is 0 Å². The average molecular weight is 600 g/mol. The number of methoxy groups -OCH3 is 1. The number of rotatable bonds is 13. The van der Waals surface area contributed by atoms with E-state index in [1.165, 1.54) is 24.1 Å². The van der Waals surface area contributed by atoms with E-state index in [2.05, 4.69) is 5.32 Å². The van der Waals surface area contributed by atoms with Crippen LogP contribution < -0.4 is 14.4 Å². The lowest BCUT2D eigenvalue weighted by Gasteiger charge is -2.34. The van der Waals surface area contributed by atoms with Crippen LogP contribution in [0.25, 0.3) is 0 Å². The first-order chi connectivity index (χ1) is 20.7. The molecule has 0 aromatic heterocycles. The number of nitrogens with zero attached hydrogens (tertiary/aromatic N) is 2. The van der Waals surface area contributed by atoms with Gasteiger partial charge in [0.25, 0.3) is 10.0 Å². The molecule has 224 valence electrons. The van der Waals surface area contributed by atoms with Crippen molar-refractivity contribution in [3.05, 3.63) is 126 Å². The summed E-state index contributed by atoms with van der Waals surface area (Å²) in [4.78, 5) is 29.5. The Kier molecular flexibility index (Phi) is 10.6. The summed E-state index contributed by atoms with van der Waals surface area (Å²) in [5.74, 6) is -0.544. The molecule has 0 spiro atoms. The summed E-state index contributed by atoms with van der Waals surface area (Å²) in [5.41, 5.74) is 2.71. The van der Waals surface area contributed by atoms with Crippen molar-refractivity contribution >= 4 is 27.5 Å². The molecule has 2 amide bonds. The zero-order valence-electron chi connectivity index (χ0n) is 24.6. The first-order valence-electron chi connectivity index (χ1n) is 14.1. The number of anilines is 1. The monoisotopic (exact) mass is 599 g/mol. The third-order valence-electron chi connectivity index (χ3n) is 7.03. The number of hydrogen-bond acceptors (Lipinski definition) is 5. The van der Waals surface area contributed by atoms with Crippen LogP contribution in [0.4, 0.5) is 5.69 Å². The lowest BCUT2D eigenvalue weighted by molar-refractivity contribution is -0.140. The van der Waals surface area contributed by atoms with Gasteiger partial charge in [-0.25, -0.2) is 8.42 Å². The zero-order valence-corrected chi connectivity index (χ0v) is 25.5. The summed E-state index contributed by atoms with van der Waals surface area (Å²) < 4.78 is 34.9. The van der Waals surface area contributed by atoms with Crippen molar-refractivity contribution in [3.63, 3.8) is 0 Å². The SMILES string of the molecule is CCNC(=O)C(Cc1ccccc1)N(Cc1ccccc1)C(=O)CN(c1cc(C)ccc1OC)S(=O)(=O)c1ccccc1. The predicted octanol–water partition coefficient (Wildman–Crippen LogP) is 4.98. The third-order valence-corrected chi connectivity index (χ3v) is 8.80. The lowest BCUT2D eigenvalue weighted by Crippen LogP contribution is -2.53. The standard InChI is InChI=1S/C34H37N3O5S/c1-4-35-34(39)31(23-27-14-8-5-9-15-27)36(24-28-16-10-6-11-17-28)33(38)25-37(30-22-26(2)20-21-32(30)42-3)43(40,41)29-18-12-7-13-19-29/h5-22,31H,4,23-25H2,1-3H3,(H,35,39). The minimum Gasteiger partial charge on any atom is -0.495 e. The molecule has 9 heteroatoms. The summed E-state index contributed by atoms with van der Waals surface area (Å²) in [7, 11) is -2.76. The first kappa shape index (κ1) is 31.3. The van der Waals surface area contributed by atoms with Crippen LogP contribution in [0.1, 0.15) is 23.6 Å². The molecule has 0 aliphatic rings. The normalized spacial score (nSPS) is 11.8. The summed E-state index contributed by atoms with van der Waals surface area (Å²) in [6.07, 6.45) is 0.254. The maximum Gasteiger partial charge on any atom is 0.264 e. The lowest BCUT2D eigenvalue weighted by atomic mass is 10.0. The predicted molar refractivity (Wildman–Crippen MR) is 168 cm³/mol. The van der Waals surface area contributed by atoms with Gasteiger partial charge in [-0.15, -0.1) is 0 Å². The fourth-order valence-corrected chi connectivity index (χ4v) is 6.29. The van der Waals surface area contributed by atoms with Crippen molar-refractivity contribution in [1.82, 2.24) is 10.2 Å². The molecule has 8 nitrogen and oxygen atoms in total. The van der Waals surface area contributed by atoms with E-state index in [0.29, 0.717) is 12.3 Å². The minimum atomic E-state index is -4.21. The molecule has 4 aromatic carbocycles. The molecule has 1 N–H and O–H groups in total. The van der Waals surface area contributed by atoms with Gasteiger partial charge in [-0.1, -0.05) is 84.9 Å². The van der Waals surface area contributed by atoms with Gasteiger partial charge in [0.15, 0.2) is 0 Å². The molecule has 0 heterocycles. The van der Waals surface area contributed by atoms with Crippen molar-refractivity contribution in [2.24, 2.45) is 0 Å². The Labute approximate surface area is 254 Å². The van der Waals surface area contributed by atoms with Crippen molar-refractivity contribution in [3.8, 4) is 5.75 Å². The number of sulfonamides is 1. The largest absolute Gasteiger partial charge is 0.495 e. The minimum absolute atomic E-state index is 0.0329. The van der Waals surface area contributed by atoms with Crippen LogP contribution in [0.15, 0.2) is 114 Å². The molecule has 0 aliphatic carbocycles. The van der Waals surface area contributed by atoms with Crippen LogP contribution in [-0.4, -0.2) is 51.4 Å². The maximum atomic E-state index is 14.4. The highest BCUT2D eigenvalue weighted by atomic mass is 32.2. The molecule has 0 fully saturated rings. The molecule has 0 saturated heterocycles. The number of benzene rings is 4. The molecule has 1 atom stereocenters. The van der Waals surface area contributed by atoms with E-state index in [9.17, 15) is 18.0 Å². The van der Waals surface area contributed by atoms with Gasteiger partial charge in [-0.05, 0) is 54.8 Å². The van der Waals surface area contributed by atoms with E-state index in [1.54, 1.807) is 30.3 Å². The molecular formula is C34H37N3O5S. The molecule has 0 bridgehead atoms. The first-order valence-corrected chi connectivity index (χ1v) is 15.6. The number of carbonyl (C=O) groups is 2. The van der Waals surface area contributed by atoms with Crippen LogP contribution in [-0.2, 0) is 32.6 Å². The Morgan fingerprint density at radius 3 is 2.00 bits per heavy atom. The van der Waals surface area contributed by atoms with Crippen molar-refractivity contribution in [2.45, 2.75) is 37.8 Å². The second-order valence-corrected chi connectivity index (χ2v) is 12.0. The molecule has 0 saturated carbocycles. The maximum absolute atomic E-state index is 14.4.